The Bertz CT molecular complexity index is 765. The van der Waals surface area contributed by atoms with Crippen LogP contribution in [0.25, 0.3) is 0 Å². The van der Waals surface area contributed by atoms with Gasteiger partial charge in [-0.3, -0.25) is 14.8 Å². The maximum Gasteiger partial charge on any atom is 0.272 e. The molecule has 27 heavy (non-hydrogen) atoms. The molecule has 2 aromatic heterocycles. The normalized spacial score (nSPS) is 15.1. The standard InChI is InChI=1S/C20H27N5O2/c1-16-13-18(24-23-16)20(26)22-8-3-6-12-27-19-14-17(7-9-21-19)15-25-10-4-2-5-11-25/h3,6-7,9,13-14H,2,4-5,8,10-12,15H2,1H3,(H,22,26)(H,23,24)/b6-3-. The summed E-state index contributed by atoms with van der Waals surface area (Å²) in [5.41, 5.74) is 2.48. The molecular weight excluding hydrogens is 342 g/mol. The number of nitrogens with one attached hydrogen (secondary N) is 2. The number of ether oxygens (including phenoxy) is 1. The summed E-state index contributed by atoms with van der Waals surface area (Å²) in [6, 6.07) is 5.76. The molecular formula is C20H27N5O2. The van der Waals surface area contributed by atoms with Gasteiger partial charge in [0.25, 0.3) is 5.91 Å². The third-order valence-corrected chi connectivity index (χ3v) is 4.47. The van der Waals surface area contributed by atoms with E-state index in [1.54, 1.807) is 12.3 Å². The molecule has 1 aliphatic rings. The Balaban J connectivity index is 1.37. The van der Waals surface area contributed by atoms with E-state index in [9.17, 15) is 4.79 Å². The summed E-state index contributed by atoms with van der Waals surface area (Å²) in [7, 11) is 0. The fourth-order valence-corrected chi connectivity index (χ4v) is 3.06. The minimum atomic E-state index is -0.197. The van der Waals surface area contributed by atoms with Crippen molar-refractivity contribution in [3.63, 3.8) is 0 Å². The van der Waals surface area contributed by atoms with Gasteiger partial charge < -0.3 is 10.1 Å². The minimum absolute atomic E-state index is 0.197. The Morgan fingerprint density at radius 3 is 2.93 bits per heavy atom. The lowest BCUT2D eigenvalue weighted by atomic mass is 10.1. The molecule has 0 atom stereocenters. The van der Waals surface area contributed by atoms with Gasteiger partial charge in [-0.25, -0.2) is 4.98 Å². The number of likely N-dealkylation sites (tertiary alicyclic amines) is 1. The molecule has 0 spiro atoms. The molecule has 3 heterocycles. The molecule has 0 aliphatic carbocycles. The van der Waals surface area contributed by atoms with Crippen LogP contribution in [0.2, 0.25) is 0 Å². The monoisotopic (exact) mass is 369 g/mol. The Kier molecular flexibility index (Phi) is 6.98. The minimum Gasteiger partial charge on any atom is -0.473 e. The maximum absolute atomic E-state index is 11.8. The third-order valence-electron chi connectivity index (χ3n) is 4.47. The molecule has 0 aromatic carbocycles. The van der Waals surface area contributed by atoms with Crippen LogP contribution in [0.4, 0.5) is 0 Å². The van der Waals surface area contributed by atoms with Crippen molar-refractivity contribution >= 4 is 5.91 Å². The number of aromatic nitrogens is 3. The highest BCUT2D eigenvalue weighted by Crippen LogP contribution is 2.15. The predicted octanol–water partition coefficient (Wildman–Crippen LogP) is 2.46. The van der Waals surface area contributed by atoms with Crippen LogP contribution in [0.1, 0.15) is 41.0 Å². The zero-order valence-corrected chi connectivity index (χ0v) is 15.8. The van der Waals surface area contributed by atoms with Crippen LogP contribution in [-0.4, -0.2) is 52.2 Å². The molecule has 0 radical (unpaired) electrons. The van der Waals surface area contributed by atoms with Gasteiger partial charge >= 0.3 is 0 Å². The van der Waals surface area contributed by atoms with Crippen LogP contribution in [-0.2, 0) is 6.54 Å². The first-order chi connectivity index (χ1) is 13.2. The van der Waals surface area contributed by atoms with Crippen LogP contribution >= 0.6 is 0 Å². The number of hydrogen-bond donors (Lipinski definition) is 2. The number of amides is 1. The van der Waals surface area contributed by atoms with Crippen molar-refractivity contribution in [3.05, 3.63) is 53.5 Å². The lowest BCUT2D eigenvalue weighted by Crippen LogP contribution is -2.29. The van der Waals surface area contributed by atoms with Gasteiger partial charge in [-0.2, -0.15) is 5.10 Å². The number of rotatable bonds is 8. The van der Waals surface area contributed by atoms with E-state index in [4.69, 9.17) is 4.74 Å². The number of piperidine rings is 1. The van der Waals surface area contributed by atoms with Crippen LogP contribution < -0.4 is 10.1 Å². The number of carbonyl (C=O) groups excluding carboxylic acids is 1. The first-order valence-electron chi connectivity index (χ1n) is 9.46. The molecule has 1 amide bonds. The SMILES string of the molecule is Cc1cc(C(=O)NC/C=C\COc2cc(CN3CCCCC3)ccn2)n[nH]1. The summed E-state index contributed by atoms with van der Waals surface area (Å²) < 4.78 is 5.68. The van der Waals surface area contributed by atoms with Crippen molar-refractivity contribution in [2.45, 2.75) is 32.7 Å². The van der Waals surface area contributed by atoms with Crippen molar-refractivity contribution in [1.29, 1.82) is 0 Å². The lowest BCUT2D eigenvalue weighted by Gasteiger charge is -2.26. The number of pyridine rings is 1. The smallest absolute Gasteiger partial charge is 0.272 e. The van der Waals surface area contributed by atoms with Crippen molar-refractivity contribution < 1.29 is 9.53 Å². The third kappa shape index (κ3) is 6.21. The Labute approximate surface area is 159 Å². The van der Waals surface area contributed by atoms with Gasteiger partial charge in [0.05, 0.1) is 0 Å². The van der Waals surface area contributed by atoms with Crippen molar-refractivity contribution in [2.75, 3.05) is 26.2 Å². The molecule has 0 saturated carbocycles. The zero-order valence-electron chi connectivity index (χ0n) is 15.8. The van der Waals surface area contributed by atoms with E-state index in [0.717, 1.165) is 12.2 Å². The molecule has 2 N–H and O–H groups in total. The second-order valence-electron chi connectivity index (χ2n) is 6.77. The number of aromatic amines is 1. The Morgan fingerprint density at radius 2 is 2.15 bits per heavy atom. The second-order valence-corrected chi connectivity index (χ2v) is 6.77. The molecule has 7 heteroatoms. The molecule has 0 bridgehead atoms. The van der Waals surface area contributed by atoms with Crippen molar-refractivity contribution in [3.8, 4) is 5.88 Å². The number of nitrogens with zero attached hydrogens (tertiary/aromatic N) is 3. The van der Waals surface area contributed by atoms with Crippen LogP contribution in [0, 0.1) is 6.92 Å². The van der Waals surface area contributed by atoms with E-state index in [1.807, 2.05) is 31.2 Å². The summed E-state index contributed by atoms with van der Waals surface area (Å²) in [5.74, 6) is 0.433. The van der Waals surface area contributed by atoms with Crippen molar-refractivity contribution in [2.24, 2.45) is 0 Å². The summed E-state index contributed by atoms with van der Waals surface area (Å²) in [6.45, 7) is 5.99. The van der Waals surface area contributed by atoms with Crippen molar-refractivity contribution in [1.82, 2.24) is 25.4 Å². The van der Waals surface area contributed by atoms with E-state index in [-0.39, 0.29) is 5.91 Å². The fourth-order valence-electron chi connectivity index (χ4n) is 3.06. The fraction of sp³-hybridized carbons (Fsp3) is 0.450. The molecule has 7 nitrogen and oxygen atoms in total. The highest BCUT2D eigenvalue weighted by molar-refractivity contribution is 5.92. The molecule has 1 saturated heterocycles. The molecule has 3 rings (SSSR count). The Hall–Kier alpha value is -2.67. The number of H-pyrrole nitrogens is 1. The van der Waals surface area contributed by atoms with Gasteiger partial charge in [-0.1, -0.05) is 12.5 Å². The predicted molar refractivity (Wildman–Crippen MR) is 104 cm³/mol. The average Bonchev–Trinajstić information content (AvgIpc) is 3.12. The first-order valence-corrected chi connectivity index (χ1v) is 9.46. The summed E-state index contributed by atoms with van der Waals surface area (Å²) in [4.78, 5) is 18.6. The van der Waals surface area contributed by atoms with Gasteiger partial charge in [0, 0.05) is 31.0 Å². The van der Waals surface area contributed by atoms with E-state index in [1.165, 1.54) is 37.9 Å². The topological polar surface area (TPSA) is 83.1 Å². The van der Waals surface area contributed by atoms with Gasteiger partial charge in [0.15, 0.2) is 0 Å². The van der Waals surface area contributed by atoms with E-state index in [2.05, 4.69) is 25.4 Å². The van der Waals surface area contributed by atoms with Crippen LogP contribution in [0.15, 0.2) is 36.5 Å². The quantitative estimate of drug-likeness (QED) is 0.699. The van der Waals surface area contributed by atoms with Gasteiger partial charge in [-0.15, -0.1) is 0 Å². The van der Waals surface area contributed by atoms with E-state index in [0.29, 0.717) is 24.7 Å². The first kappa shape index (κ1) is 19.1. The van der Waals surface area contributed by atoms with E-state index >= 15 is 0 Å². The molecule has 1 aliphatic heterocycles. The zero-order chi connectivity index (χ0) is 18.9. The van der Waals surface area contributed by atoms with Gasteiger partial charge in [-0.05, 0) is 56.6 Å². The Morgan fingerprint density at radius 1 is 1.30 bits per heavy atom. The maximum atomic E-state index is 11.8. The highest BCUT2D eigenvalue weighted by Gasteiger charge is 2.11. The van der Waals surface area contributed by atoms with Crippen LogP contribution in [0.3, 0.4) is 0 Å². The van der Waals surface area contributed by atoms with E-state index < -0.39 is 0 Å². The summed E-state index contributed by atoms with van der Waals surface area (Å²) in [5, 5.41) is 9.45. The second kappa shape index (κ2) is 9.87. The molecule has 2 aromatic rings. The largest absolute Gasteiger partial charge is 0.473 e. The number of hydrogen-bond acceptors (Lipinski definition) is 5. The molecule has 1 fully saturated rings. The van der Waals surface area contributed by atoms with Crippen LogP contribution in [0.5, 0.6) is 5.88 Å². The average molecular weight is 369 g/mol. The molecule has 144 valence electrons. The lowest BCUT2D eigenvalue weighted by molar-refractivity contribution is 0.0953. The number of aryl methyl sites for hydroxylation is 1. The summed E-state index contributed by atoms with van der Waals surface area (Å²) >= 11 is 0. The highest BCUT2D eigenvalue weighted by atomic mass is 16.5. The molecule has 0 unspecified atom stereocenters. The summed E-state index contributed by atoms with van der Waals surface area (Å²) in [6.07, 6.45) is 9.44. The van der Waals surface area contributed by atoms with Gasteiger partial charge in [0.1, 0.15) is 12.3 Å². The van der Waals surface area contributed by atoms with Gasteiger partial charge in [0.2, 0.25) is 5.88 Å². The number of carbonyl (C=O) groups is 1.